The Morgan fingerprint density at radius 1 is 0.964 bits per heavy atom. The van der Waals surface area contributed by atoms with Crippen LogP contribution in [0, 0.1) is 44.4 Å². The molecule has 0 aromatic carbocycles. The van der Waals surface area contributed by atoms with Crippen LogP contribution in [0.15, 0.2) is 29.6 Å². The van der Waals surface area contributed by atoms with Crippen LogP contribution in [0.3, 0.4) is 0 Å². The van der Waals surface area contributed by atoms with Gasteiger partial charge in [-0.05, 0) is 82.8 Å². The number of rotatable bonds is 13. The largest absolute Gasteiger partial charge is 2.00 e. The van der Waals surface area contributed by atoms with E-state index < -0.39 is 24.5 Å². The van der Waals surface area contributed by atoms with Crippen molar-refractivity contribution < 1.29 is 29.0 Å². The van der Waals surface area contributed by atoms with Crippen molar-refractivity contribution in [3.05, 3.63) is 102 Å². The third-order valence-corrected chi connectivity index (χ3v) is 11.4. The van der Waals surface area contributed by atoms with Crippen molar-refractivity contribution in [2.75, 3.05) is 13.4 Å². The number of aromatic nitrogens is 3. The molecule has 1 aliphatic carbocycles. The third-order valence-electron chi connectivity index (χ3n) is 11.4. The van der Waals surface area contributed by atoms with E-state index in [0.29, 0.717) is 51.8 Å². The number of aliphatic hydroxyl groups excluding tert-OH is 1. The summed E-state index contributed by atoms with van der Waals surface area (Å²) >= 11 is 0. The minimum Gasteiger partial charge on any atom is -0.664 e. The normalized spacial score (nSPS) is 22.0. The van der Waals surface area contributed by atoms with Crippen LogP contribution >= 0.6 is 0 Å². The number of hydrogen-bond acceptors (Lipinski definition) is 6. The zero-order valence-electron chi connectivity index (χ0n) is 34.0. The number of hydrogen-bond donors (Lipinski definition) is 1. The van der Waals surface area contributed by atoms with E-state index in [1.807, 2.05) is 52.0 Å². The molecule has 10 nitrogen and oxygen atoms in total. The Morgan fingerprint density at radius 2 is 1.68 bits per heavy atom. The first-order chi connectivity index (χ1) is 26.3. The molecule has 0 saturated carbocycles. The second-order valence-corrected chi connectivity index (χ2v) is 15.4. The van der Waals surface area contributed by atoms with E-state index in [4.69, 9.17) is 29.7 Å². The summed E-state index contributed by atoms with van der Waals surface area (Å²) in [4.78, 5) is 56.1. The molecule has 2 aliphatic heterocycles. The van der Waals surface area contributed by atoms with Crippen LogP contribution in [0.5, 0.6) is 0 Å². The van der Waals surface area contributed by atoms with Gasteiger partial charge in [0, 0.05) is 12.0 Å². The van der Waals surface area contributed by atoms with Crippen LogP contribution in [-0.4, -0.2) is 59.3 Å². The molecule has 0 amide bonds. The molecule has 1 fully saturated rings. The second-order valence-electron chi connectivity index (χ2n) is 15.4. The minimum atomic E-state index is -1.37. The summed E-state index contributed by atoms with van der Waals surface area (Å²) in [7, 11) is 0. The SMILES string of the molecule is C=Cc1c2[n-]c(c1C)/C=C1\[N-]/C(=C3\c4[n-]c(c(C)c4C(=O)[C@@H]3C(=O)OCO)/C=c3\[n-]/c(c(C)c3CC)=C\2)[C@@H](CCC(=O)OC/C=C(/C)CCCC(C)C)[C@@H]1C.[Mg+2]. The Hall–Kier alpha value is -4.32. The van der Waals surface area contributed by atoms with Crippen molar-refractivity contribution in [2.24, 2.45) is 23.7 Å². The van der Waals surface area contributed by atoms with Gasteiger partial charge in [0.15, 0.2) is 12.6 Å². The van der Waals surface area contributed by atoms with E-state index in [9.17, 15) is 19.5 Å². The Morgan fingerprint density at radius 3 is 2.36 bits per heavy atom. The third kappa shape index (κ3) is 8.22. The van der Waals surface area contributed by atoms with Crippen LogP contribution < -0.4 is 25.7 Å². The number of ketones is 1. The summed E-state index contributed by atoms with van der Waals surface area (Å²) in [5.41, 5.74) is 10.00. The molecule has 3 aliphatic rings. The Labute approximate surface area is 345 Å². The summed E-state index contributed by atoms with van der Waals surface area (Å²) in [6, 6.07) is 0. The van der Waals surface area contributed by atoms with Gasteiger partial charge in [-0.25, -0.2) is 0 Å². The Balaban J connectivity index is 0.00000600. The molecule has 6 rings (SSSR count). The number of nitrogens with zero attached hydrogens (tertiary/aromatic N) is 4. The monoisotopic (exact) mass is 768 g/mol. The molecule has 8 bridgehead atoms. The minimum absolute atomic E-state index is 0. The smallest absolute Gasteiger partial charge is 0.664 e. The molecule has 3 atom stereocenters. The van der Waals surface area contributed by atoms with Crippen molar-refractivity contribution >= 4 is 70.7 Å². The van der Waals surface area contributed by atoms with E-state index in [0.717, 1.165) is 70.0 Å². The fourth-order valence-corrected chi connectivity index (χ4v) is 8.19. The van der Waals surface area contributed by atoms with Gasteiger partial charge in [0.25, 0.3) is 0 Å². The topological polar surface area (TPSA) is 146 Å². The van der Waals surface area contributed by atoms with Crippen LogP contribution in [0.2, 0.25) is 0 Å². The molecule has 1 N–H and O–H groups in total. The number of Topliss-reactive ketones (excluding diaryl/α,β-unsaturated/α-hetero) is 1. The maximum absolute atomic E-state index is 14.3. The number of allylic oxidation sites excluding steroid dienone is 3. The summed E-state index contributed by atoms with van der Waals surface area (Å²) in [6.45, 7) is 19.9. The van der Waals surface area contributed by atoms with Crippen LogP contribution in [0.4, 0.5) is 0 Å². The number of carbonyl (C=O) groups is 3. The molecular weight excluding hydrogens is 717 g/mol. The van der Waals surface area contributed by atoms with Crippen molar-refractivity contribution in [1.29, 1.82) is 0 Å². The zero-order valence-corrected chi connectivity index (χ0v) is 35.5. The number of fused-ring (bicyclic) bond motifs is 7. The quantitative estimate of drug-likeness (QED) is 0.0720. The fraction of sp³-hybridized carbons (Fsp3) is 0.444. The van der Waals surface area contributed by atoms with Crippen LogP contribution in [0.25, 0.3) is 35.2 Å². The van der Waals surface area contributed by atoms with Gasteiger partial charge in [0.1, 0.15) is 12.5 Å². The van der Waals surface area contributed by atoms with E-state index >= 15 is 0 Å². The van der Waals surface area contributed by atoms with Gasteiger partial charge >= 0.3 is 35.0 Å². The van der Waals surface area contributed by atoms with E-state index in [1.165, 1.54) is 5.57 Å². The van der Waals surface area contributed by atoms with Gasteiger partial charge in [-0.15, -0.1) is 33.5 Å². The molecule has 3 aromatic heterocycles. The van der Waals surface area contributed by atoms with Gasteiger partial charge in [-0.2, -0.15) is 11.4 Å². The van der Waals surface area contributed by atoms with E-state index in [1.54, 1.807) is 6.08 Å². The van der Waals surface area contributed by atoms with E-state index in [2.05, 4.69) is 34.3 Å². The summed E-state index contributed by atoms with van der Waals surface area (Å²) in [6.07, 6.45) is 14.0. The van der Waals surface area contributed by atoms with Crippen molar-refractivity contribution in [1.82, 2.24) is 15.0 Å². The summed E-state index contributed by atoms with van der Waals surface area (Å²) in [5.74, 6) is -3.00. The summed E-state index contributed by atoms with van der Waals surface area (Å²) in [5, 5.41) is 16.3. The average Bonchev–Trinajstić information content (AvgIpc) is 3.88. The molecule has 11 heteroatoms. The number of ether oxygens (including phenoxy) is 2. The average molecular weight is 769 g/mol. The first kappa shape index (κ1) is 42.8. The molecule has 0 spiro atoms. The molecule has 0 radical (unpaired) electrons. The van der Waals surface area contributed by atoms with Crippen molar-refractivity contribution in [3.8, 4) is 0 Å². The van der Waals surface area contributed by atoms with Gasteiger partial charge in [0.05, 0.1) is 0 Å². The van der Waals surface area contributed by atoms with E-state index in [-0.39, 0.29) is 53.9 Å². The first-order valence-electron chi connectivity index (χ1n) is 19.4. The molecule has 292 valence electrons. The molecule has 56 heavy (non-hydrogen) atoms. The Kier molecular flexibility index (Phi) is 13.7. The van der Waals surface area contributed by atoms with Crippen LogP contribution in [-0.2, 0) is 25.5 Å². The van der Waals surface area contributed by atoms with Gasteiger partial charge in [-0.3, -0.25) is 14.4 Å². The first-order valence-corrected chi connectivity index (χ1v) is 19.4. The molecule has 1 saturated heterocycles. The van der Waals surface area contributed by atoms with Gasteiger partial charge < -0.3 is 34.8 Å². The predicted molar refractivity (Wildman–Crippen MR) is 220 cm³/mol. The molecule has 5 heterocycles. The Bertz CT molecular complexity index is 2260. The van der Waals surface area contributed by atoms with Crippen molar-refractivity contribution in [2.45, 2.75) is 93.9 Å². The van der Waals surface area contributed by atoms with Crippen LogP contribution in [0.1, 0.15) is 128 Å². The predicted octanol–water partition coefficient (Wildman–Crippen LogP) is 6.07. The molecule has 0 unspecified atom stereocenters. The maximum atomic E-state index is 14.3. The maximum Gasteiger partial charge on any atom is 2.00 e. The summed E-state index contributed by atoms with van der Waals surface area (Å²) < 4.78 is 10.7. The fourth-order valence-electron chi connectivity index (χ4n) is 8.19. The van der Waals surface area contributed by atoms with Gasteiger partial charge in [-0.1, -0.05) is 98.4 Å². The number of carbonyl (C=O) groups excluding carboxylic acids is 3. The molecular formula is C45H52MgN4O6-2. The molecule has 3 aromatic rings. The second kappa shape index (κ2) is 17.9. The number of esters is 2. The number of aliphatic hydroxyl groups is 1. The zero-order chi connectivity index (χ0) is 39.7. The standard InChI is InChI=1S/C45H53N4O6.Mg/c1-10-29-25(6)32-19-34-27(8)31(15-16-38(51)54-18-17-24(5)14-12-13-23(3)4)42(48-34)40-41(45(53)55-22-50)44(52)39-28(9)35(49-43(39)40)21-37-30(11-2)26(7)33(47-37)20-36(29)46-32;/h10,17,19-21,23,27,31,41,50H,1,11-16,18,22H2,2-9H3,(H-,48,49,52);/q-3;+2/p-1/b24-17-,33-20-,34-19-,37-21-;/t27-,31-,41+;/m0./s1. The van der Waals surface area contributed by atoms with Crippen molar-refractivity contribution in [3.63, 3.8) is 0 Å². The van der Waals surface area contributed by atoms with Gasteiger partial charge in [0.2, 0.25) is 0 Å².